The standard InChI is InChI=1S/C33H34F2N4O9/c1-3-45-31(42)23-13-37(18-4-5-18)27-22(29(23)41)9-25(35)28-30(27)46-14-20-10-33(44,15-39(20)28)16-47-26-7-6-19(8-24(26)34)38-12-21(48-32(38)43)11-36-17(2)40/h6-9,13,18,20-21,44H,3-5,10-12,14-16H2,1-2H3,(H,36,40)/t20-,21+,33+/m1/s1. The number of carbonyl (C=O) groups excluding carboxylic acids is 3. The number of cyclic esters (lactones) is 1. The molecule has 254 valence electrons. The summed E-state index contributed by atoms with van der Waals surface area (Å²) in [4.78, 5) is 52.4. The fourth-order valence-corrected chi connectivity index (χ4v) is 6.68. The van der Waals surface area contributed by atoms with Gasteiger partial charge >= 0.3 is 12.1 Å². The highest BCUT2D eigenvalue weighted by atomic mass is 19.1. The minimum atomic E-state index is -1.51. The normalized spacial score (nSPS) is 23.0. The molecule has 2 saturated heterocycles. The molecule has 7 rings (SSSR count). The summed E-state index contributed by atoms with van der Waals surface area (Å²) in [6.07, 6.45) is 1.96. The molecule has 1 aromatic heterocycles. The first-order valence-electron chi connectivity index (χ1n) is 15.8. The van der Waals surface area contributed by atoms with Crippen molar-refractivity contribution >= 4 is 40.2 Å². The van der Waals surface area contributed by atoms with Gasteiger partial charge in [-0.05, 0) is 38.0 Å². The predicted octanol–water partition coefficient (Wildman–Crippen LogP) is 3.03. The Morgan fingerprint density at radius 2 is 1.94 bits per heavy atom. The minimum absolute atomic E-state index is 0.00337. The van der Waals surface area contributed by atoms with Crippen LogP contribution in [0.15, 0.2) is 35.3 Å². The van der Waals surface area contributed by atoms with E-state index < -0.39 is 46.9 Å². The van der Waals surface area contributed by atoms with E-state index in [1.165, 1.54) is 30.2 Å². The van der Waals surface area contributed by atoms with Crippen molar-refractivity contribution < 1.29 is 47.2 Å². The quantitative estimate of drug-likeness (QED) is 0.326. The zero-order valence-electron chi connectivity index (χ0n) is 26.3. The van der Waals surface area contributed by atoms with Crippen LogP contribution in [0.3, 0.4) is 0 Å². The first-order valence-corrected chi connectivity index (χ1v) is 15.8. The molecule has 4 aliphatic rings. The summed E-state index contributed by atoms with van der Waals surface area (Å²) in [6.45, 7) is 3.03. The Kier molecular flexibility index (Phi) is 7.89. The molecule has 3 aromatic rings. The van der Waals surface area contributed by atoms with Crippen LogP contribution in [0.5, 0.6) is 11.5 Å². The van der Waals surface area contributed by atoms with Gasteiger partial charge in [0.2, 0.25) is 11.3 Å². The van der Waals surface area contributed by atoms with E-state index in [9.17, 15) is 24.3 Å². The fraction of sp³-hybridized carbons (Fsp3) is 0.455. The second-order valence-corrected chi connectivity index (χ2v) is 12.6. The van der Waals surface area contributed by atoms with Crippen molar-refractivity contribution in [1.82, 2.24) is 9.88 Å². The second kappa shape index (κ2) is 12.0. The van der Waals surface area contributed by atoms with Crippen LogP contribution >= 0.6 is 0 Å². The highest BCUT2D eigenvalue weighted by Crippen LogP contribution is 2.48. The summed E-state index contributed by atoms with van der Waals surface area (Å²) in [6, 6.07) is 4.63. The third kappa shape index (κ3) is 5.65. The average molecular weight is 669 g/mol. The number of aromatic nitrogens is 1. The van der Waals surface area contributed by atoms with Gasteiger partial charge in [0.25, 0.3) is 0 Å². The number of hydrogen-bond donors (Lipinski definition) is 2. The predicted molar refractivity (Wildman–Crippen MR) is 167 cm³/mol. The van der Waals surface area contributed by atoms with E-state index in [1.807, 2.05) is 0 Å². The SMILES string of the molecule is CCOC(=O)c1cn(C2CC2)c2c3c(c(F)cc2c1=O)N1C[C@](O)(COc2ccc(N4C[C@H](CNC(C)=O)OC4=O)cc2F)C[C@@H]1CO3. The van der Waals surface area contributed by atoms with Crippen molar-refractivity contribution in [2.45, 2.75) is 56.9 Å². The maximum atomic E-state index is 15.9. The number of carbonyl (C=O) groups is 3. The number of aliphatic hydroxyl groups is 1. The minimum Gasteiger partial charge on any atom is -0.487 e. The Hall–Kier alpha value is -4.92. The Bertz CT molecular complexity index is 1900. The van der Waals surface area contributed by atoms with Gasteiger partial charge < -0.3 is 38.8 Å². The fourth-order valence-electron chi connectivity index (χ4n) is 6.68. The van der Waals surface area contributed by atoms with Crippen molar-refractivity contribution in [1.29, 1.82) is 0 Å². The van der Waals surface area contributed by atoms with Crippen molar-refractivity contribution in [3.8, 4) is 11.5 Å². The number of nitrogens with one attached hydrogen (secondary N) is 1. The van der Waals surface area contributed by atoms with Crippen LogP contribution < -0.4 is 30.0 Å². The molecular formula is C33H34F2N4O9. The van der Waals surface area contributed by atoms with E-state index in [0.717, 1.165) is 25.0 Å². The van der Waals surface area contributed by atoms with Crippen molar-refractivity contribution in [2.24, 2.45) is 0 Å². The molecule has 0 unspecified atom stereocenters. The highest BCUT2D eigenvalue weighted by molar-refractivity contribution is 5.98. The van der Waals surface area contributed by atoms with Crippen molar-refractivity contribution in [3.05, 3.63) is 57.9 Å². The maximum absolute atomic E-state index is 15.9. The van der Waals surface area contributed by atoms with Gasteiger partial charge in [-0.2, -0.15) is 0 Å². The number of pyridine rings is 1. The smallest absolute Gasteiger partial charge is 0.414 e. The lowest BCUT2D eigenvalue weighted by Gasteiger charge is -2.34. The van der Waals surface area contributed by atoms with Crippen molar-refractivity contribution in [3.63, 3.8) is 0 Å². The molecule has 2 aromatic carbocycles. The highest BCUT2D eigenvalue weighted by Gasteiger charge is 2.48. The lowest BCUT2D eigenvalue weighted by Crippen LogP contribution is -2.41. The molecule has 1 saturated carbocycles. The zero-order chi connectivity index (χ0) is 33.9. The lowest BCUT2D eigenvalue weighted by molar-refractivity contribution is -0.119. The lowest BCUT2D eigenvalue weighted by atomic mass is 10.0. The summed E-state index contributed by atoms with van der Waals surface area (Å²) in [5.74, 6) is -2.55. The van der Waals surface area contributed by atoms with Crippen LogP contribution in [0.4, 0.5) is 25.0 Å². The van der Waals surface area contributed by atoms with Crippen LogP contribution in [0.1, 0.15) is 49.5 Å². The third-order valence-corrected chi connectivity index (χ3v) is 9.04. The van der Waals surface area contributed by atoms with Gasteiger partial charge in [-0.15, -0.1) is 0 Å². The van der Waals surface area contributed by atoms with E-state index in [1.54, 1.807) is 16.4 Å². The number of hydrogen-bond acceptors (Lipinski definition) is 10. The van der Waals surface area contributed by atoms with Crippen LogP contribution in [0.25, 0.3) is 10.9 Å². The van der Waals surface area contributed by atoms with E-state index in [0.29, 0.717) is 5.52 Å². The first-order chi connectivity index (χ1) is 23.0. The number of amides is 2. The van der Waals surface area contributed by atoms with Crippen LogP contribution in [-0.4, -0.2) is 84.8 Å². The molecule has 48 heavy (non-hydrogen) atoms. The molecule has 15 heteroatoms. The first kappa shape index (κ1) is 31.7. The summed E-state index contributed by atoms with van der Waals surface area (Å²) >= 11 is 0. The van der Waals surface area contributed by atoms with Gasteiger partial charge in [-0.1, -0.05) is 0 Å². The van der Waals surface area contributed by atoms with Crippen molar-refractivity contribution in [2.75, 3.05) is 49.3 Å². The molecule has 0 bridgehead atoms. The summed E-state index contributed by atoms with van der Waals surface area (Å²) < 4.78 is 55.0. The molecule has 3 aliphatic heterocycles. The number of ether oxygens (including phenoxy) is 4. The Morgan fingerprint density at radius 1 is 1.15 bits per heavy atom. The maximum Gasteiger partial charge on any atom is 0.414 e. The number of esters is 1. The van der Waals surface area contributed by atoms with E-state index in [-0.39, 0.29) is 91.6 Å². The second-order valence-electron chi connectivity index (χ2n) is 12.6. The topological polar surface area (TPSA) is 149 Å². The molecule has 1 aliphatic carbocycles. The van der Waals surface area contributed by atoms with E-state index in [2.05, 4.69) is 5.32 Å². The molecule has 3 atom stereocenters. The number of benzene rings is 2. The summed E-state index contributed by atoms with van der Waals surface area (Å²) in [7, 11) is 0. The Morgan fingerprint density at radius 3 is 2.65 bits per heavy atom. The molecular weight excluding hydrogens is 634 g/mol. The monoisotopic (exact) mass is 668 g/mol. The molecule has 2 amide bonds. The molecule has 13 nitrogen and oxygen atoms in total. The number of fused-ring (bicyclic) bond motifs is 5. The van der Waals surface area contributed by atoms with Gasteiger partial charge in [-0.3, -0.25) is 14.5 Å². The van der Waals surface area contributed by atoms with Gasteiger partial charge in [0.15, 0.2) is 23.1 Å². The number of nitrogens with zero attached hydrogens (tertiary/aromatic N) is 3. The number of anilines is 2. The third-order valence-electron chi connectivity index (χ3n) is 9.04. The molecule has 0 spiro atoms. The molecule has 3 fully saturated rings. The van der Waals surface area contributed by atoms with E-state index >= 15 is 8.78 Å². The zero-order valence-corrected chi connectivity index (χ0v) is 26.3. The van der Waals surface area contributed by atoms with Gasteiger partial charge in [-0.25, -0.2) is 18.4 Å². The molecule has 2 N–H and O–H groups in total. The van der Waals surface area contributed by atoms with E-state index in [4.69, 9.17) is 18.9 Å². The Balaban J connectivity index is 1.10. The van der Waals surface area contributed by atoms with Crippen LogP contribution in [0.2, 0.25) is 0 Å². The summed E-state index contributed by atoms with van der Waals surface area (Å²) in [5, 5.41) is 14.1. The molecule has 0 radical (unpaired) electrons. The number of halogens is 2. The average Bonchev–Trinajstić information content (AvgIpc) is 3.73. The van der Waals surface area contributed by atoms with Gasteiger partial charge in [0.05, 0.1) is 48.9 Å². The Labute approximate surface area is 272 Å². The van der Waals surface area contributed by atoms with Crippen LogP contribution in [0, 0.1) is 11.6 Å². The van der Waals surface area contributed by atoms with Gasteiger partial charge in [0, 0.05) is 31.6 Å². The largest absolute Gasteiger partial charge is 0.487 e. The van der Waals surface area contributed by atoms with Gasteiger partial charge in [0.1, 0.15) is 36.2 Å². The molecule has 4 heterocycles. The number of rotatable bonds is 9. The van der Waals surface area contributed by atoms with Crippen LogP contribution in [-0.2, 0) is 14.3 Å². The summed E-state index contributed by atoms with van der Waals surface area (Å²) in [5.41, 5.74) is -1.63.